The number of halogens is 4. The van der Waals surface area contributed by atoms with E-state index in [9.17, 15) is 21.6 Å². The van der Waals surface area contributed by atoms with Gasteiger partial charge in [0.1, 0.15) is 34.4 Å². The van der Waals surface area contributed by atoms with E-state index in [-0.39, 0.29) is 35.9 Å². The summed E-state index contributed by atoms with van der Waals surface area (Å²) in [6, 6.07) is 13.7. The lowest BCUT2D eigenvalue weighted by atomic mass is 9.78. The molecule has 0 aliphatic heterocycles. The summed E-state index contributed by atoms with van der Waals surface area (Å²) in [7, 11) is 2.12. The SMILES string of the molecule is CC#Cc1cc(S(=O)(=O)N(Cc2ccc(OC)cc2OC)c2ccncn2)c(F)cc1NC1CC[C@H](c2cccc(C(F)(F)F)c2)C[C@@H]1N(C)C. The molecule has 270 valence electrons. The van der Waals surface area contributed by atoms with Crippen molar-refractivity contribution < 1.29 is 35.5 Å². The molecule has 0 radical (unpaired) electrons. The largest absolute Gasteiger partial charge is 0.497 e. The lowest BCUT2D eigenvalue weighted by Gasteiger charge is -2.41. The summed E-state index contributed by atoms with van der Waals surface area (Å²) in [5, 5.41) is 3.40. The molecule has 3 aromatic carbocycles. The Bertz CT molecular complexity index is 2020. The van der Waals surface area contributed by atoms with Gasteiger partial charge in [-0.1, -0.05) is 24.1 Å². The number of benzene rings is 3. The van der Waals surface area contributed by atoms with Crippen molar-refractivity contribution in [1.82, 2.24) is 14.9 Å². The van der Waals surface area contributed by atoms with E-state index >= 15 is 4.39 Å². The van der Waals surface area contributed by atoms with E-state index in [0.29, 0.717) is 47.6 Å². The highest BCUT2D eigenvalue weighted by Gasteiger charge is 2.36. The van der Waals surface area contributed by atoms with Crippen molar-refractivity contribution in [2.75, 3.05) is 37.9 Å². The molecule has 1 unspecified atom stereocenters. The number of anilines is 2. The van der Waals surface area contributed by atoms with E-state index in [1.54, 1.807) is 31.2 Å². The molecule has 3 atom stereocenters. The predicted octanol–water partition coefficient (Wildman–Crippen LogP) is 7.10. The van der Waals surface area contributed by atoms with Crippen LogP contribution in [0, 0.1) is 17.7 Å². The maximum absolute atomic E-state index is 16.2. The zero-order valence-electron chi connectivity index (χ0n) is 28.8. The van der Waals surface area contributed by atoms with Crippen molar-refractivity contribution in [2.45, 2.75) is 61.8 Å². The number of hydrogen-bond acceptors (Lipinski definition) is 8. The number of alkyl halides is 3. The lowest BCUT2D eigenvalue weighted by Crippen LogP contribution is -2.47. The predicted molar refractivity (Wildman–Crippen MR) is 187 cm³/mol. The smallest absolute Gasteiger partial charge is 0.416 e. The molecule has 1 N–H and O–H groups in total. The highest BCUT2D eigenvalue weighted by atomic mass is 32.2. The van der Waals surface area contributed by atoms with Gasteiger partial charge in [0, 0.05) is 41.5 Å². The van der Waals surface area contributed by atoms with Crippen molar-refractivity contribution in [3.63, 3.8) is 0 Å². The molecule has 1 saturated carbocycles. The molecule has 14 heteroatoms. The van der Waals surface area contributed by atoms with Gasteiger partial charge in [-0.05, 0) is 82.1 Å². The zero-order valence-corrected chi connectivity index (χ0v) is 29.6. The number of nitrogens with zero attached hydrogens (tertiary/aromatic N) is 4. The molecule has 1 aliphatic carbocycles. The van der Waals surface area contributed by atoms with Gasteiger partial charge in [-0.2, -0.15) is 13.2 Å². The Hall–Kier alpha value is -4.87. The van der Waals surface area contributed by atoms with Crippen LogP contribution in [0.15, 0.2) is 78.1 Å². The number of nitrogens with one attached hydrogen (secondary N) is 1. The number of rotatable bonds is 11. The molecule has 5 rings (SSSR count). The standard InChI is InChI=1S/C37H39F4N5O4S/c1-6-8-26-19-35(51(47,48)46(36-15-16-42-23-43-36)22-27-11-13-29(49-4)20-34(27)50-5)30(38)21-32(26)44-31-14-12-25(18-33(31)45(2)3)24-9-7-10-28(17-24)37(39,40)41/h7,9-11,13,15-17,19-21,23,25,31,33,44H,12,14,18,22H2,1-5H3/t25-,31?,33-/m0/s1. The molecule has 0 saturated heterocycles. The van der Waals surface area contributed by atoms with Crippen LogP contribution in [0.25, 0.3) is 0 Å². The Kier molecular flexibility index (Phi) is 11.4. The quantitative estimate of drug-likeness (QED) is 0.129. The van der Waals surface area contributed by atoms with Gasteiger partial charge in [0.05, 0.1) is 32.0 Å². The third-order valence-electron chi connectivity index (χ3n) is 9.04. The first-order valence-electron chi connectivity index (χ1n) is 16.1. The second-order valence-corrected chi connectivity index (χ2v) is 14.2. The molecule has 0 bridgehead atoms. The van der Waals surface area contributed by atoms with Gasteiger partial charge >= 0.3 is 6.18 Å². The van der Waals surface area contributed by atoms with Crippen LogP contribution in [0.1, 0.15) is 54.4 Å². The molecular formula is C37H39F4N5O4S. The molecule has 9 nitrogen and oxygen atoms in total. The fourth-order valence-electron chi connectivity index (χ4n) is 6.44. The Morgan fingerprint density at radius 2 is 1.80 bits per heavy atom. The van der Waals surface area contributed by atoms with E-state index in [0.717, 1.165) is 16.4 Å². The Labute approximate surface area is 295 Å². The molecule has 4 aromatic rings. The van der Waals surface area contributed by atoms with E-state index in [1.807, 2.05) is 19.0 Å². The normalized spacial score (nSPS) is 17.7. The maximum Gasteiger partial charge on any atom is 0.416 e. The zero-order chi connectivity index (χ0) is 36.9. The average Bonchev–Trinajstić information content (AvgIpc) is 3.11. The average molecular weight is 726 g/mol. The fraction of sp³-hybridized carbons (Fsp3) is 0.351. The summed E-state index contributed by atoms with van der Waals surface area (Å²) in [6.45, 7) is 1.34. The first-order chi connectivity index (χ1) is 24.3. The van der Waals surface area contributed by atoms with Crippen molar-refractivity contribution in [3.8, 4) is 23.3 Å². The van der Waals surface area contributed by atoms with Crippen LogP contribution in [-0.2, 0) is 22.7 Å². The first kappa shape index (κ1) is 37.4. The molecule has 0 spiro atoms. The van der Waals surface area contributed by atoms with Gasteiger partial charge in [-0.25, -0.2) is 27.1 Å². The monoisotopic (exact) mass is 725 g/mol. The summed E-state index contributed by atoms with van der Waals surface area (Å²) in [4.78, 5) is 9.44. The van der Waals surface area contributed by atoms with Gasteiger partial charge in [0.25, 0.3) is 10.0 Å². The van der Waals surface area contributed by atoms with E-state index in [2.05, 4.69) is 27.1 Å². The van der Waals surface area contributed by atoms with Crippen molar-refractivity contribution >= 4 is 21.5 Å². The molecule has 51 heavy (non-hydrogen) atoms. The van der Waals surface area contributed by atoms with E-state index in [1.165, 1.54) is 51.0 Å². The number of methoxy groups -OCH3 is 2. The number of ether oxygens (including phenoxy) is 2. The summed E-state index contributed by atoms with van der Waals surface area (Å²) in [6.07, 6.45) is -0.145. The molecule has 1 heterocycles. The van der Waals surface area contributed by atoms with Crippen LogP contribution < -0.4 is 19.1 Å². The minimum atomic E-state index is -4.59. The molecule has 1 aliphatic rings. The van der Waals surface area contributed by atoms with Crippen LogP contribution in [0.3, 0.4) is 0 Å². The Balaban J connectivity index is 1.48. The van der Waals surface area contributed by atoms with Gasteiger partial charge in [-0.15, -0.1) is 5.92 Å². The van der Waals surface area contributed by atoms with E-state index in [4.69, 9.17) is 9.47 Å². The Morgan fingerprint density at radius 1 is 1.02 bits per heavy atom. The van der Waals surface area contributed by atoms with Gasteiger partial charge in [-0.3, -0.25) is 0 Å². The second kappa shape index (κ2) is 15.6. The lowest BCUT2D eigenvalue weighted by molar-refractivity contribution is -0.137. The summed E-state index contributed by atoms with van der Waals surface area (Å²) in [5.41, 5.74) is 0.980. The van der Waals surface area contributed by atoms with Crippen LogP contribution >= 0.6 is 0 Å². The van der Waals surface area contributed by atoms with Crippen molar-refractivity contribution in [2.24, 2.45) is 0 Å². The third kappa shape index (κ3) is 8.37. The minimum Gasteiger partial charge on any atom is -0.497 e. The van der Waals surface area contributed by atoms with Crippen LogP contribution in [0.2, 0.25) is 0 Å². The molecule has 0 amide bonds. The molecule has 1 aromatic heterocycles. The topological polar surface area (TPSA) is 96.9 Å². The highest BCUT2D eigenvalue weighted by molar-refractivity contribution is 7.92. The number of hydrogen-bond donors (Lipinski definition) is 1. The number of sulfonamides is 1. The van der Waals surface area contributed by atoms with Gasteiger partial charge in [0.2, 0.25) is 0 Å². The number of likely N-dealkylation sites (N-methyl/N-ethyl adjacent to an activating group) is 1. The van der Waals surface area contributed by atoms with Gasteiger partial charge in [0.15, 0.2) is 0 Å². The van der Waals surface area contributed by atoms with E-state index < -0.39 is 32.5 Å². The van der Waals surface area contributed by atoms with Gasteiger partial charge < -0.3 is 19.7 Å². The fourth-order valence-corrected chi connectivity index (χ4v) is 7.91. The summed E-state index contributed by atoms with van der Waals surface area (Å²) < 4.78 is 97.0. The molecule has 1 fully saturated rings. The summed E-state index contributed by atoms with van der Waals surface area (Å²) in [5.74, 6) is 5.48. The highest BCUT2D eigenvalue weighted by Crippen LogP contribution is 2.39. The Morgan fingerprint density at radius 3 is 2.45 bits per heavy atom. The van der Waals surface area contributed by atoms with Crippen LogP contribution in [0.5, 0.6) is 11.5 Å². The maximum atomic E-state index is 16.2. The van der Waals surface area contributed by atoms with Crippen LogP contribution in [0.4, 0.5) is 29.1 Å². The third-order valence-corrected chi connectivity index (χ3v) is 10.8. The summed E-state index contributed by atoms with van der Waals surface area (Å²) >= 11 is 0. The molecular weight excluding hydrogens is 686 g/mol. The first-order valence-corrected chi connectivity index (χ1v) is 17.6. The minimum absolute atomic E-state index is 0.0129. The number of aromatic nitrogens is 2. The van der Waals surface area contributed by atoms with Crippen LogP contribution in [-0.4, -0.2) is 63.7 Å². The van der Waals surface area contributed by atoms with Crippen molar-refractivity contribution in [1.29, 1.82) is 0 Å². The second-order valence-electron chi connectivity index (χ2n) is 12.4. The van der Waals surface area contributed by atoms with Crippen molar-refractivity contribution in [3.05, 3.63) is 101 Å².